The van der Waals surface area contributed by atoms with Crippen molar-refractivity contribution in [3.63, 3.8) is 0 Å². The third kappa shape index (κ3) is 2.87. The first-order valence-electron chi connectivity index (χ1n) is 8.91. The molecule has 1 amide bonds. The van der Waals surface area contributed by atoms with Crippen molar-refractivity contribution in [1.82, 2.24) is 4.98 Å². The molecule has 3 aromatic rings. The predicted octanol–water partition coefficient (Wildman–Crippen LogP) is 4.02. The molecule has 1 aliphatic rings. The fraction of sp³-hybridized carbons (Fsp3) is 0.0870. The Balaban J connectivity index is 1.97. The zero-order valence-corrected chi connectivity index (χ0v) is 15.2. The maximum absolute atomic E-state index is 13.0. The maximum Gasteiger partial charge on any atom is 0.300 e. The van der Waals surface area contributed by atoms with E-state index >= 15 is 0 Å². The normalized spacial score (nSPS) is 18.5. The summed E-state index contributed by atoms with van der Waals surface area (Å²) in [5, 5.41) is 10.9. The van der Waals surface area contributed by atoms with Crippen LogP contribution >= 0.6 is 0 Å². The first kappa shape index (κ1) is 17.7. The zero-order valence-electron chi connectivity index (χ0n) is 15.2. The highest BCUT2D eigenvalue weighted by atomic mass is 16.3. The highest BCUT2D eigenvalue weighted by Gasteiger charge is 2.47. The molecule has 0 saturated carbocycles. The maximum atomic E-state index is 13.0. The Hall–Kier alpha value is -3.73. The minimum atomic E-state index is -0.713. The Morgan fingerprint density at radius 3 is 2.25 bits per heavy atom. The first-order valence-corrected chi connectivity index (χ1v) is 8.91. The summed E-state index contributed by atoms with van der Waals surface area (Å²) in [6.07, 6.45) is 3.06. The number of para-hydroxylation sites is 1. The van der Waals surface area contributed by atoms with Gasteiger partial charge in [-0.15, -0.1) is 0 Å². The third-order valence-electron chi connectivity index (χ3n) is 4.89. The molecule has 1 unspecified atom stereocenters. The van der Waals surface area contributed by atoms with Gasteiger partial charge in [0.15, 0.2) is 0 Å². The average Bonchev–Trinajstić information content (AvgIpc) is 3.00. The van der Waals surface area contributed by atoms with Crippen LogP contribution in [0.4, 0.5) is 5.69 Å². The molecule has 5 nitrogen and oxygen atoms in total. The van der Waals surface area contributed by atoms with Gasteiger partial charge in [-0.3, -0.25) is 19.5 Å². The number of aliphatic hydroxyl groups is 1. The predicted molar refractivity (Wildman–Crippen MR) is 107 cm³/mol. The molecule has 0 aliphatic carbocycles. The van der Waals surface area contributed by atoms with E-state index in [4.69, 9.17) is 0 Å². The Kier molecular flexibility index (Phi) is 4.49. The zero-order chi connectivity index (χ0) is 19.7. The van der Waals surface area contributed by atoms with Gasteiger partial charge in [0.05, 0.1) is 11.6 Å². The number of anilines is 1. The summed E-state index contributed by atoms with van der Waals surface area (Å²) in [5.41, 5.74) is 2.78. The molecule has 0 bridgehead atoms. The standard InChI is InChI=1S/C23H18N2O3/c1-15-7-5-6-10-18(15)25-20(16-8-3-2-4-9-16)19(22(27)23(25)28)21(26)17-11-13-24-14-12-17/h2-14,20,26H,1H3/b21-19+. The molecule has 1 N–H and O–H groups in total. The smallest absolute Gasteiger partial charge is 0.300 e. The molecule has 0 spiro atoms. The molecule has 138 valence electrons. The van der Waals surface area contributed by atoms with E-state index in [0.29, 0.717) is 11.3 Å². The summed E-state index contributed by atoms with van der Waals surface area (Å²) < 4.78 is 0. The van der Waals surface area contributed by atoms with Crippen molar-refractivity contribution in [2.75, 3.05) is 4.90 Å². The van der Waals surface area contributed by atoms with E-state index in [2.05, 4.69) is 4.98 Å². The van der Waals surface area contributed by atoms with Gasteiger partial charge in [0.1, 0.15) is 5.76 Å². The van der Waals surface area contributed by atoms with Gasteiger partial charge in [-0.1, -0.05) is 48.5 Å². The van der Waals surface area contributed by atoms with Crippen molar-refractivity contribution in [1.29, 1.82) is 0 Å². The molecular weight excluding hydrogens is 352 g/mol. The van der Waals surface area contributed by atoms with Gasteiger partial charge in [-0.05, 0) is 36.2 Å². The van der Waals surface area contributed by atoms with Gasteiger partial charge in [-0.2, -0.15) is 0 Å². The second-order valence-electron chi connectivity index (χ2n) is 6.60. The fourth-order valence-corrected chi connectivity index (χ4v) is 3.53. The van der Waals surface area contributed by atoms with Gasteiger partial charge in [0, 0.05) is 23.6 Å². The molecule has 2 aromatic carbocycles. The number of carbonyl (C=O) groups is 2. The average molecular weight is 370 g/mol. The molecular formula is C23H18N2O3. The van der Waals surface area contributed by atoms with Crippen LogP contribution < -0.4 is 4.90 Å². The molecule has 4 rings (SSSR count). The van der Waals surface area contributed by atoms with Gasteiger partial charge < -0.3 is 5.11 Å². The van der Waals surface area contributed by atoms with Gasteiger partial charge in [-0.25, -0.2) is 0 Å². The van der Waals surface area contributed by atoms with Gasteiger partial charge in [0.25, 0.3) is 11.7 Å². The SMILES string of the molecule is Cc1ccccc1N1C(=O)C(=O)/C(=C(/O)c2ccncc2)C1c1ccccc1. The van der Waals surface area contributed by atoms with Crippen molar-refractivity contribution < 1.29 is 14.7 Å². The summed E-state index contributed by atoms with van der Waals surface area (Å²) in [5.74, 6) is -1.56. The van der Waals surface area contributed by atoms with Crippen LogP contribution in [0.25, 0.3) is 5.76 Å². The number of carbonyl (C=O) groups excluding carboxylic acids is 2. The van der Waals surface area contributed by atoms with E-state index in [1.807, 2.05) is 61.5 Å². The molecule has 0 radical (unpaired) electrons. The molecule has 1 saturated heterocycles. The number of aliphatic hydroxyl groups excluding tert-OH is 1. The van der Waals surface area contributed by atoms with Gasteiger partial charge in [0.2, 0.25) is 0 Å². The van der Waals surface area contributed by atoms with Crippen LogP contribution in [-0.4, -0.2) is 21.8 Å². The lowest BCUT2D eigenvalue weighted by Crippen LogP contribution is -2.30. The Morgan fingerprint density at radius 1 is 0.929 bits per heavy atom. The van der Waals surface area contributed by atoms with Crippen LogP contribution in [0.5, 0.6) is 0 Å². The lowest BCUT2D eigenvalue weighted by atomic mass is 9.95. The molecule has 1 fully saturated rings. The first-order chi connectivity index (χ1) is 13.6. The summed E-state index contributed by atoms with van der Waals surface area (Å²) in [6, 6.07) is 19.2. The second kappa shape index (κ2) is 7.12. The number of aromatic nitrogens is 1. The van der Waals surface area contributed by atoms with Crippen LogP contribution in [-0.2, 0) is 9.59 Å². The quantitative estimate of drug-likeness (QED) is 0.429. The van der Waals surface area contributed by atoms with Crippen molar-refractivity contribution in [3.8, 4) is 0 Å². The number of nitrogens with zero attached hydrogens (tertiary/aromatic N) is 2. The number of aryl methyl sites for hydroxylation is 1. The number of Topliss-reactive ketones (excluding diaryl/α,β-unsaturated/α-hetero) is 1. The lowest BCUT2D eigenvalue weighted by molar-refractivity contribution is -0.132. The summed E-state index contributed by atoms with van der Waals surface area (Å²) in [7, 11) is 0. The van der Waals surface area contributed by atoms with Crippen LogP contribution in [0.1, 0.15) is 22.7 Å². The lowest BCUT2D eigenvalue weighted by Gasteiger charge is -2.26. The topological polar surface area (TPSA) is 70.5 Å². The van der Waals surface area contributed by atoms with Crippen LogP contribution in [0.2, 0.25) is 0 Å². The Bertz CT molecular complexity index is 1080. The highest BCUT2D eigenvalue weighted by Crippen LogP contribution is 2.42. The largest absolute Gasteiger partial charge is 0.507 e. The van der Waals surface area contributed by atoms with Crippen LogP contribution in [0, 0.1) is 6.92 Å². The molecule has 1 aromatic heterocycles. The number of pyridine rings is 1. The van der Waals surface area contributed by atoms with E-state index in [1.165, 1.54) is 17.3 Å². The number of hydrogen-bond donors (Lipinski definition) is 1. The number of rotatable bonds is 3. The number of hydrogen-bond acceptors (Lipinski definition) is 4. The Morgan fingerprint density at radius 2 is 1.57 bits per heavy atom. The molecule has 5 heteroatoms. The van der Waals surface area contributed by atoms with Crippen molar-refractivity contribution >= 4 is 23.1 Å². The molecule has 1 aliphatic heterocycles. The van der Waals surface area contributed by atoms with Crippen LogP contribution in [0.15, 0.2) is 84.7 Å². The molecule has 28 heavy (non-hydrogen) atoms. The monoisotopic (exact) mass is 370 g/mol. The van der Waals surface area contributed by atoms with E-state index < -0.39 is 17.7 Å². The number of ketones is 1. The highest BCUT2D eigenvalue weighted by molar-refractivity contribution is 6.51. The number of amides is 1. The van der Waals surface area contributed by atoms with E-state index in [-0.39, 0.29) is 11.3 Å². The second-order valence-corrected chi connectivity index (χ2v) is 6.60. The number of benzene rings is 2. The minimum Gasteiger partial charge on any atom is -0.507 e. The van der Waals surface area contributed by atoms with Crippen molar-refractivity contribution in [3.05, 3.63) is 101 Å². The molecule has 2 heterocycles. The fourth-order valence-electron chi connectivity index (χ4n) is 3.53. The minimum absolute atomic E-state index is 0.0747. The summed E-state index contributed by atoms with van der Waals surface area (Å²) in [4.78, 5) is 31.4. The van der Waals surface area contributed by atoms with Gasteiger partial charge >= 0.3 is 0 Å². The van der Waals surface area contributed by atoms with E-state index in [9.17, 15) is 14.7 Å². The molecule has 1 atom stereocenters. The van der Waals surface area contributed by atoms with E-state index in [0.717, 1.165) is 11.1 Å². The van der Waals surface area contributed by atoms with Crippen molar-refractivity contribution in [2.45, 2.75) is 13.0 Å². The summed E-state index contributed by atoms with van der Waals surface area (Å²) >= 11 is 0. The van der Waals surface area contributed by atoms with Crippen LogP contribution in [0.3, 0.4) is 0 Å². The van der Waals surface area contributed by atoms with Crippen molar-refractivity contribution in [2.24, 2.45) is 0 Å². The Labute approximate surface area is 162 Å². The third-order valence-corrected chi connectivity index (χ3v) is 4.89. The summed E-state index contributed by atoms with van der Waals surface area (Å²) in [6.45, 7) is 1.89. The van der Waals surface area contributed by atoms with E-state index in [1.54, 1.807) is 12.1 Å².